The zero-order valence-corrected chi connectivity index (χ0v) is 14.7. The summed E-state index contributed by atoms with van der Waals surface area (Å²) < 4.78 is 19.2. The molecule has 0 fully saturated rings. The highest BCUT2D eigenvalue weighted by atomic mass is 79.9. The summed E-state index contributed by atoms with van der Waals surface area (Å²) in [7, 11) is 0. The third kappa shape index (κ3) is 4.87. The Bertz CT molecular complexity index is 824. The van der Waals surface area contributed by atoms with Gasteiger partial charge in [-0.25, -0.2) is 9.18 Å². The number of benzene rings is 2. The zero-order valence-electron chi connectivity index (χ0n) is 13.1. The minimum absolute atomic E-state index is 0.270. The lowest BCUT2D eigenvalue weighted by molar-refractivity contribution is -0.123. The van der Waals surface area contributed by atoms with Gasteiger partial charge in [0.25, 0.3) is 5.91 Å². The molecule has 2 aromatic carbocycles. The molecule has 0 aliphatic carbocycles. The SMILES string of the molecule is C[C@@H](OC(=O)c1ccc(Br)cc1F)C(=O)Nc1ccc(C(N)=O)cc1. The van der Waals surface area contributed by atoms with Crippen LogP contribution in [0, 0.1) is 5.82 Å². The Morgan fingerprint density at radius 1 is 1.16 bits per heavy atom. The van der Waals surface area contributed by atoms with Crippen LogP contribution < -0.4 is 11.1 Å². The predicted octanol–water partition coefficient (Wildman–Crippen LogP) is 2.87. The monoisotopic (exact) mass is 408 g/mol. The Morgan fingerprint density at radius 3 is 2.36 bits per heavy atom. The van der Waals surface area contributed by atoms with Crippen LogP contribution in [0.1, 0.15) is 27.6 Å². The van der Waals surface area contributed by atoms with Crippen LogP contribution >= 0.6 is 15.9 Å². The summed E-state index contributed by atoms with van der Waals surface area (Å²) in [5, 5.41) is 2.52. The van der Waals surface area contributed by atoms with Crippen LogP contribution in [0.4, 0.5) is 10.1 Å². The number of halogens is 2. The summed E-state index contributed by atoms with van der Waals surface area (Å²) in [4.78, 5) is 35.0. The van der Waals surface area contributed by atoms with Crippen LogP contribution in [0.3, 0.4) is 0 Å². The number of nitrogens with one attached hydrogen (secondary N) is 1. The van der Waals surface area contributed by atoms with Gasteiger partial charge in [-0.05, 0) is 49.4 Å². The van der Waals surface area contributed by atoms with E-state index >= 15 is 0 Å². The van der Waals surface area contributed by atoms with Crippen molar-refractivity contribution in [3.05, 3.63) is 63.9 Å². The largest absolute Gasteiger partial charge is 0.449 e. The molecule has 0 unspecified atom stereocenters. The Labute approximate surface area is 151 Å². The quantitative estimate of drug-likeness (QED) is 0.742. The lowest BCUT2D eigenvalue weighted by Gasteiger charge is -2.14. The first-order valence-corrected chi connectivity index (χ1v) is 7.94. The molecule has 0 aliphatic heterocycles. The van der Waals surface area contributed by atoms with E-state index in [0.717, 1.165) is 6.07 Å². The summed E-state index contributed by atoms with van der Waals surface area (Å²) in [5.74, 6) is -2.89. The van der Waals surface area contributed by atoms with Crippen LogP contribution in [0.15, 0.2) is 46.9 Å². The second-order valence-electron chi connectivity index (χ2n) is 5.10. The van der Waals surface area contributed by atoms with Crippen LogP contribution in [0.2, 0.25) is 0 Å². The van der Waals surface area contributed by atoms with Gasteiger partial charge >= 0.3 is 5.97 Å². The van der Waals surface area contributed by atoms with Gasteiger partial charge in [0.05, 0.1) is 5.56 Å². The van der Waals surface area contributed by atoms with E-state index in [1.807, 2.05) is 0 Å². The summed E-state index contributed by atoms with van der Waals surface area (Å²) in [6.07, 6.45) is -1.15. The summed E-state index contributed by atoms with van der Waals surface area (Å²) >= 11 is 3.09. The summed E-state index contributed by atoms with van der Waals surface area (Å²) in [5.41, 5.74) is 5.55. The van der Waals surface area contributed by atoms with Crippen molar-refractivity contribution in [2.75, 3.05) is 5.32 Å². The molecule has 8 heteroatoms. The van der Waals surface area contributed by atoms with Crippen molar-refractivity contribution in [2.45, 2.75) is 13.0 Å². The van der Waals surface area contributed by atoms with Gasteiger partial charge in [-0.3, -0.25) is 9.59 Å². The van der Waals surface area contributed by atoms with Crippen LogP contribution in [0.5, 0.6) is 0 Å². The molecule has 2 rings (SSSR count). The third-order valence-corrected chi connectivity index (χ3v) is 3.73. The number of carbonyl (C=O) groups is 3. The van der Waals surface area contributed by atoms with Crippen molar-refractivity contribution < 1.29 is 23.5 Å². The van der Waals surface area contributed by atoms with Crippen molar-refractivity contribution in [1.29, 1.82) is 0 Å². The smallest absolute Gasteiger partial charge is 0.341 e. The topological polar surface area (TPSA) is 98.5 Å². The molecule has 0 spiro atoms. The fourth-order valence-corrected chi connectivity index (χ4v) is 2.23. The lowest BCUT2D eigenvalue weighted by Crippen LogP contribution is -2.30. The zero-order chi connectivity index (χ0) is 18.6. The third-order valence-electron chi connectivity index (χ3n) is 3.24. The number of carbonyl (C=O) groups excluding carboxylic acids is 3. The molecular formula is C17H14BrFN2O4. The molecular weight excluding hydrogens is 395 g/mol. The number of nitrogens with two attached hydrogens (primary N) is 1. The van der Waals surface area contributed by atoms with Crippen LogP contribution in [-0.2, 0) is 9.53 Å². The van der Waals surface area contributed by atoms with Gasteiger partial charge in [-0.2, -0.15) is 0 Å². The molecule has 0 radical (unpaired) electrons. The first kappa shape index (κ1) is 18.6. The van der Waals surface area contributed by atoms with Crippen molar-refractivity contribution in [2.24, 2.45) is 5.73 Å². The first-order valence-electron chi connectivity index (χ1n) is 7.14. The maximum absolute atomic E-state index is 13.7. The molecule has 2 aromatic rings. The molecule has 0 bridgehead atoms. The minimum atomic E-state index is -1.15. The average Bonchev–Trinajstić information content (AvgIpc) is 2.55. The van der Waals surface area contributed by atoms with Gasteiger partial charge in [-0.15, -0.1) is 0 Å². The number of primary amides is 1. The molecule has 130 valence electrons. The molecule has 0 aromatic heterocycles. The van der Waals surface area contributed by atoms with E-state index in [-0.39, 0.29) is 5.56 Å². The molecule has 0 saturated heterocycles. The molecule has 0 heterocycles. The highest BCUT2D eigenvalue weighted by molar-refractivity contribution is 9.10. The number of hydrogen-bond acceptors (Lipinski definition) is 4. The van der Waals surface area contributed by atoms with E-state index in [2.05, 4.69) is 21.2 Å². The molecule has 1 atom stereocenters. The van der Waals surface area contributed by atoms with Crippen molar-refractivity contribution in [1.82, 2.24) is 0 Å². The molecule has 0 aliphatic rings. The number of anilines is 1. The predicted molar refractivity (Wildman–Crippen MR) is 92.6 cm³/mol. The van der Waals surface area contributed by atoms with Gasteiger partial charge in [0.2, 0.25) is 5.91 Å². The number of amides is 2. The first-order chi connectivity index (χ1) is 11.8. The van der Waals surface area contributed by atoms with E-state index in [4.69, 9.17) is 10.5 Å². The van der Waals surface area contributed by atoms with Crippen molar-refractivity contribution in [3.8, 4) is 0 Å². The van der Waals surface area contributed by atoms with Gasteiger partial charge in [-0.1, -0.05) is 15.9 Å². The fourth-order valence-electron chi connectivity index (χ4n) is 1.89. The van der Waals surface area contributed by atoms with E-state index in [9.17, 15) is 18.8 Å². The maximum Gasteiger partial charge on any atom is 0.341 e. The highest BCUT2D eigenvalue weighted by Crippen LogP contribution is 2.17. The number of esters is 1. The Hall–Kier alpha value is -2.74. The maximum atomic E-state index is 13.7. The van der Waals surface area contributed by atoms with Gasteiger partial charge in [0.15, 0.2) is 6.10 Å². The van der Waals surface area contributed by atoms with E-state index in [0.29, 0.717) is 15.7 Å². The minimum Gasteiger partial charge on any atom is -0.449 e. The molecule has 0 saturated carbocycles. The normalized spacial score (nSPS) is 11.5. The Morgan fingerprint density at radius 2 is 1.80 bits per heavy atom. The van der Waals surface area contributed by atoms with Crippen LogP contribution in [0.25, 0.3) is 0 Å². The number of ether oxygens (including phenoxy) is 1. The molecule has 2 amide bonds. The second-order valence-corrected chi connectivity index (χ2v) is 6.02. The average molecular weight is 409 g/mol. The second kappa shape index (κ2) is 7.89. The van der Waals surface area contributed by atoms with E-state index in [1.54, 1.807) is 0 Å². The van der Waals surface area contributed by atoms with Gasteiger partial charge < -0.3 is 15.8 Å². The lowest BCUT2D eigenvalue weighted by atomic mass is 10.2. The molecule has 25 heavy (non-hydrogen) atoms. The van der Waals surface area contributed by atoms with Crippen molar-refractivity contribution >= 4 is 39.4 Å². The molecule has 3 N–H and O–H groups in total. The van der Waals surface area contributed by atoms with E-state index in [1.165, 1.54) is 43.3 Å². The van der Waals surface area contributed by atoms with Crippen molar-refractivity contribution in [3.63, 3.8) is 0 Å². The Balaban J connectivity index is 1.99. The van der Waals surface area contributed by atoms with Gasteiger partial charge in [0, 0.05) is 15.7 Å². The molecule has 6 nitrogen and oxygen atoms in total. The Kier molecular flexibility index (Phi) is 5.87. The van der Waals surface area contributed by atoms with Gasteiger partial charge in [0.1, 0.15) is 5.82 Å². The standard InChI is InChI=1S/C17H14BrFN2O4/c1-9(25-17(24)13-7-4-11(18)8-14(13)19)16(23)21-12-5-2-10(3-6-12)15(20)22/h2-9H,1H3,(H2,20,22)(H,21,23)/t9-/m1/s1. The number of rotatable bonds is 5. The summed E-state index contributed by atoms with van der Waals surface area (Å²) in [6.45, 7) is 1.36. The summed E-state index contributed by atoms with van der Waals surface area (Å²) in [6, 6.07) is 9.75. The number of hydrogen-bond donors (Lipinski definition) is 2. The fraction of sp³-hybridized carbons (Fsp3) is 0.118. The van der Waals surface area contributed by atoms with Crippen LogP contribution in [-0.4, -0.2) is 23.9 Å². The van der Waals surface area contributed by atoms with E-state index < -0.39 is 29.7 Å². The highest BCUT2D eigenvalue weighted by Gasteiger charge is 2.21.